The predicted octanol–water partition coefficient (Wildman–Crippen LogP) is 3.62. The lowest BCUT2D eigenvalue weighted by atomic mass is 10.1. The van der Waals surface area contributed by atoms with Crippen LogP contribution < -0.4 is 10.2 Å². The van der Waals surface area contributed by atoms with Gasteiger partial charge in [0.25, 0.3) is 11.8 Å². The van der Waals surface area contributed by atoms with Gasteiger partial charge >= 0.3 is 5.97 Å². The van der Waals surface area contributed by atoms with E-state index in [4.69, 9.17) is 21.7 Å². The van der Waals surface area contributed by atoms with Crippen LogP contribution in [0.25, 0.3) is 17.4 Å². The van der Waals surface area contributed by atoms with Gasteiger partial charge in [0.1, 0.15) is 22.9 Å². The second-order valence-corrected chi connectivity index (χ2v) is 6.88. The summed E-state index contributed by atoms with van der Waals surface area (Å²) < 4.78 is 19.9. The normalized spacial score (nSPS) is 15.3. The van der Waals surface area contributed by atoms with E-state index < -0.39 is 23.6 Å². The van der Waals surface area contributed by atoms with Crippen LogP contribution >= 0.6 is 12.2 Å². The maximum atomic E-state index is 14.2. The van der Waals surface area contributed by atoms with Gasteiger partial charge in [-0.1, -0.05) is 24.3 Å². The molecule has 2 N–H and O–H groups in total. The summed E-state index contributed by atoms with van der Waals surface area (Å²) in [5, 5.41) is 11.3. The van der Waals surface area contributed by atoms with Crippen molar-refractivity contribution in [2.24, 2.45) is 0 Å². The van der Waals surface area contributed by atoms with Crippen LogP contribution in [-0.4, -0.2) is 28.0 Å². The van der Waals surface area contributed by atoms with Crippen molar-refractivity contribution in [2.45, 2.75) is 0 Å². The van der Waals surface area contributed by atoms with Gasteiger partial charge in [-0.3, -0.25) is 14.9 Å². The second-order valence-electron chi connectivity index (χ2n) is 6.50. The average Bonchev–Trinajstić information content (AvgIpc) is 3.21. The summed E-state index contributed by atoms with van der Waals surface area (Å²) in [5.41, 5.74) is 0.217. The van der Waals surface area contributed by atoms with E-state index in [1.54, 1.807) is 18.2 Å². The number of thiocarbonyl (C=S) groups is 1. The Kier molecular flexibility index (Phi) is 5.18. The van der Waals surface area contributed by atoms with Crippen LogP contribution in [-0.2, 0) is 9.59 Å². The van der Waals surface area contributed by atoms with Crippen LogP contribution in [0.15, 0.2) is 70.7 Å². The molecule has 2 aromatic carbocycles. The number of nitrogens with zero attached hydrogens (tertiary/aromatic N) is 1. The predicted molar refractivity (Wildman–Crippen MR) is 114 cm³/mol. The fraction of sp³-hybridized carbons (Fsp3) is 0. The van der Waals surface area contributed by atoms with E-state index in [0.29, 0.717) is 11.3 Å². The number of carboxylic acid groups (broad SMARTS) is 1. The molecule has 2 amide bonds. The molecule has 0 radical (unpaired) electrons. The summed E-state index contributed by atoms with van der Waals surface area (Å²) in [6.07, 6.45) is 1.22. The van der Waals surface area contributed by atoms with Crippen molar-refractivity contribution in [1.29, 1.82) is 0 Å². The highest BCUT2D eigenvalue weighted by Gasteiger charge is 2.35. The number of benzene rings is 2. The highest BCUT2D eigenvalue weighted by Crippen LogP contribution is 2.27. The number of amides is 2. The zero-order chi connectivity index (χ0) is 22.1. The van der Waals surface area contributed by atoms with Gasteiger partial charge in [-0.25, -0.2) is 14.1 Å². The van der Waals surface area contributed by atoms with E-state index in [0.717, 1.165) is 4.90 Å². The summed E-state index contributed by atoms with van der Waals surface area (Å²) in [6.45, 7) is 0. The Morgan fingerprint density at radius 2 is 1.87 bits per heavy atom. The van der Waals surface area contributed by atoms with Gasteiger partial charge in [0.2, 0.25) is 0 Å². The monoisotopic (exact) mass is 436 g/mol. The molecular weight excluding hydrogens is 423 g/mol. The maximum Gasteiger partial charge on any atom is 0.335 e. The summed E-state index contributed by atoms with van der Waals surface area (Å²) in [6, 6.07) is 14.8. The molecule has 2 heterocycles. The third kappa shape index (κ3) is 3.86. The molecule has 1 aliphatic heterocycles. The number of furan rings is 1. The standard InChI is InChI=1S/C22H13FN2O5S/c23-16-6-1-2-7-17(16)25-20(27)15(19(26)24-22(25)31)11-14-8-9-18(30-14)12-4-3-5-13(10-12)21(28)29/h1-11H,(H,28,29)(H,24,26,31)/b15-11-. The van der Waals surface area contributed by atoms with Crippen molar-refractivity contribution in [2.75, 3.05) is 4.90 Å². The largest absolute Gasteiger partial charge is 0.478 e. The minimum absolute atomic E-state index is 0.0877. The highest BCUT2D eigenvalue weighted by molar-refractivity contribution is 7.80. The number of anilines is 1. The van der Waals surface area contributed by atoms with Gasteiger partial charge in [0.15, 0.2) is 5.11 Å². The van der Waals surface area contributed by atoms with Crippen LogP contribution in [0.4, 0.5) is 10.1 Å². The van der Waals surface area contributed by atoms with E-state index in [1.165, 1.54) is 48.5 Å². The number of rotatable bonds is 4. The molecule has 0 atom stereocenters. The van der Waals surface area contributed by atoms with Crippen molar-refractivity contribution in [1.82, 2.24) is 5.32 Å². The van der Waals surface area contributed by atoms with Crippen LogP contribution in [0.5, 0.6) is 0 Å². The Labute approximate surface area is 180 Å². The molecule has 154 valence electrons. The minimum atomic E-state index is -1.08. The molecule has 3 aromatic rings. The van der Waals surface area contributed by atoms with E-state index in [2.05, 4.69) is 5.32 Å². The first-order valence-electron chi connectivity index (χ1n) is 8.94. The molecule has 0 bridgehead atoms. The number of hydrogen-bond donors (Lipinski definition) is 2. The van der Waals surface area contributed by atoms with E-state index in [9.17, 15) is 18.8 Å². The second kappa shape index (κ2) is 7.96. The Balaban J connectivity index is 1.68. The zero-order valence-electron chi connectivity index (χ0n) is 15.7. The maximum absolute atomic E-state index is 14.2. The number of hydrogen-bond acceptors (Lipinski definition) is 5. The van der Waals surface area contributed by atoms with Gasteiger partial charge in [-0.2, -0.15) is 0 Å². The fourth-order valence-electron chi connectivity index (χ4n) is 3.04. The summed E-state index contributed by atoms with van der Waals surface area (Å²) in [5.74, 6) is -2.77. The Hall–Kier alpha value is -4.11. The molecular formula is C22H13FN2O5S. The van der Waals surface area contributed by atoms with Crippen molar-refractivity contribution in [3.8, 4) is 11.3 Å². The van der Waals surface area contributed by atoms with Crippen LogP contribution in [0, 0.1) is 5.82 Å². The van der Waals surface area contributed by atoms with Gasteiger partial charge in [-0.05, 0) is 54.7 Å². The van der Waals surface area contributed by atoms with E-state index in [-0.39, 0.29) is 27.7 Å². The number of halogens is 1. The third-order valence-corrected chi connectivity index (χ3v) is 4.79. The lowest BCUT2D eigenvalue weighted by molar-refractivity contribution is -0.122. The summed E-state index contributed by atoms with van der Waals surface area (Å²) in [7, 11) is 0. The van der Waals surface area contributed by atoms with Crippen LogP contribution in [0.2, 0.25) is 0 Å². The lowest BCUT2D eigenvalue weighted by Crippen LogP contribution is -2.54. The molecule has 1 aliphatic rings. The molecule has 0 unspecified atom stereocenters. The SMILES string of the molecule is O=C1NC(=S)N(c2ccccc2F)C(=O)/C1=C\c1ccc(-c2cccc(C(=O)O)c2)o1. The average molecular weight is 436 g/mol. The Morgan fingerprint density at radius 1 is 1.10 bits per heavy atom. The molecule has 0 aliphatic carbocycles. The molecule has 0 spiro atoms. The van der Waals surface area contributed by atoms with Crippen molar-refractivity contribution < 1.29 is 28.3 Å². The minimum Gasteiger partial charge on any atom is -0.478 e. The van der Waals surface area contributed by atoms with Gasteiger partial charge in [0, 0.05) is 5.56 Å². The number of aromatic carboxylic acids is 1. The molecule has 31 heavy (non-hydrogen) atoms. The van der Waals surface area contributed by atoms with Crippen LogP contribution in [0.3, 0.4) is 0 Å². The van der Waals surface area contributed by atoms with E-state index in [1.807, 2.05) is 0 Å². The molecule has 9 heteroatoms. The molecule has 4 rings (SSSR count). The summed E-state index contributed by atoms with van der Waals surface area (Å²) >= 11 is 5.05. The number of carbonyl (C=O) groups is 3. The number of carboxylic acids is 1. The molecule has 1 aromatic heterocycles. The molecule has 0 saturated carbocycles. The first-order chi connectivity index (χ1) is 14.8. The van der Waals surface area contributed by atoms with E-state index >= 15 is 0 Å². The van der Waals surface area contributed by atoms with Crippen molar-refractivity contribution in [3.05, 3.63) is 83.4 Å². The first kappa shape index (κ1) is 20.2. The highest BCUT2D eigenvalue weighted by atomic mass is 32.1. The van der Waals surface area contributed by atoms with Crippen molar-refractivity contribution in [3.63, 3.8) is 0 Å². The number of para-hydroxylation sites is 1. The Morgan fingerprint density at radius 3 is 2.61 bits per heavy atom. The zero-order valence-corrected chi connectivity index (χ0v) is 16.5. The van der Waals surface area contributed by atoms with Gasteiger partial charge < -0.3 is 9.52 Å². The van der Waals surface area contributed by atoms with Crippen LogP contribution in [0.1, 0.15) is 16.1 Å². The third-order valence-electron chi connectivity index (χ3n) is 4.50. The van der Waals surface area contributed by atoms with Gasteiger partial charge in [0.05, 0.1) is 11.3 Å². The number of nitrogens with one attached hydrogen (secondary N) is 1. The topological polar surface area (TPSA) is 99.9 Å². The van der Waals surface area contributed by atoms with Crippen molar-refractivity contribution >= 4 is 46.9 Å². The van der Waals surface area contributed by atoms with Gasteiger partial charge in [-0.15, -0.1) is 0 Å². The summed E-state index contributed by atoms with van der Waals surface area (Å²) in [4.78, 5) is 37.4. The lowest BCUT2D eigenvalue weighted by Gasteiger charge is -2.28. The molecule has 7 nitrogen and oxygen atoms in total. The molecule has 1 fully saturated rings. The first-order valence-corrected chi connectivity index (χ1v) is 9.35. The Bertz CT molecular complexity index is 1280. The number of carbonyl (C=O) groups excluding carboxylic acids is 2. The molecule has 1 saturated heterocycles. The quantitative estimate of drug-likeness (QED) is 0.368. The smallest absolute Gasteiger partial charge is 0.335 e. The fourth-order valence-corrected chi connectivity index (χ4v) is 3.32.